The standard InChI is InChI=1S/C30H27NO/c32-29(22-21-25-13-5-1-6-14-25)30(28-19-11-4-12-20-28)31(23-26-15-7-2-8-16-26)24-27-17-9-3-10-18-27/h1-22,30H,23-24H2/b22-21+/t30-/m0/s1. The SMILES string of the molecule is O=C(/C=C/c1ccccc1)[C@H](c1ccccc1)N(Cc1ccccc1)Cc1ccccc1. The highest BCUT2D eigenvalue weighted by atomic mass is 16.1. The molecule has 158 valence electrons. The van der Waals surface area contributed by atoms with E-state index in [1.54, 1.807) is 6.08 Å². The predicted molar refractivity (Wildman–Crippen MR) is 132 cm³/mol. The van der Waals surface area contributed by atoms with Gasteiger partial charge in [-0.15, -0.1) is 0 Å². The number of nitrogens with zero attached hydrogens (tertiary/aromatic N) is 1. The van der Waals surface area contributed by atoms with Crippen molar-refractivity contribution in [1.82, 2.24) is 4.90 Å². The molecule has 0 heterocycles. The van der Waals surface area contributed by atoms with E-state index in [0.717, 1.165) is 11.1 Å². The molecule has 0 radical (unpaired) electrons. The van der Waals surface area contributed by atoms with E-state index in [4.69, 9.17) is 0 Å². The number of carbonyl (C=O) groups excluding carboxylic acids is 1. The summed E-state index contributed by atoms with van der Waals surface area (Å²) in [5, 5.41) is 0. The van der Waals surface area contributed by atoms with Crippen molar-refractivity contribution in [2.45, 2.75) is 19.1 Å². The van der Waals surface area contributed by atoms with Gasteiger partial charge >= 0.3 is 0 Å². The fourth-order valence-electron chi connectivity index (χ4n) is 3.90. The molecule has 32 heavy (non-hydrogen) atoms. The second-order valence-electron chi connectivity index (χ2n) is 7.84. The fourth-order valence-corrected chi connectivity index (χ4v) is 3.90. The number of hydrogen-bond acceptors (Lipinski definition) is 2. The zero-order valence-electron chi connectivity index (χ0n) is 18.0. The Morgan fingerprint density at radius 2 is 1.06 bits per heavy atom. The summed E-state index contributed by atoms with van der Waals surface area (Å²) in [6.45, 7) is 1.36. The summed E-state index contributed by atoms with van der Waals surface area (Å²) in [7, 11) is 0. The van der Waals surface area contributed by atoms with Crippen LogP contribution in [0.5, 0.6) is 0 Å². The predicted octanol–water partition coefficient (Wildman–Crippen LogP) is 6.71. The van der Waals surface area contributed by atoms with Gasteiger partial charge in [0.25, 0.3) is 0 Å². The summed E-state index contributed by atoms with van der Waals surface area (Å²) < 4.78 is 0. The minimum Gasteiger partial charge on any atom is -0.293 e. The number of hydrogen-bond donors (Lipinski definition) is 0. The van der Waals surface area contributed by atoms with Crippen LogP contribution < -0.4 is 0 Å². The van der Waals surface area contributed by atoms with E-state index in [2.05, 4.69) is 29.2 Å². The Morgan fingerprint density at radius 1 is 0.625 bits per heavy atom. The van der Waals surface area contributed by atoms with Gasteiger partial charge in [-0.1, -0.05) is 127 Å². The summed E-state index contributed by atoms with van der Waals surface area (Å²) in [6, 6.07) is 40.3. The molecule has 0 unspecified atom stereocenters. The molecular weight excluding hydrogens is 390 g/mol. The minimum absolute atomic E-state index is 0.0758. The third kappa shape index (κ3) is 5.90. The Morgan fingerprint density at radius 3 is 1.56 bits per heavy atom. The van der Waals surface area contributed by atoms with Crippen LogP contribution in [0.4, 0.5) is 0 Å². The summed E-state index contributed by atoms with van der Waals surface area (Å²) >= 11 is 0. The molecule has 0 amide bonds. The van der Waals surface area contributed by atoms with Crippen molar-refractivity contribution in [3.05, 3.63) is 150 Å². The number of rotatable bonds is 9. The molecule has 0 N–H and O–H groups in total. The van der Waals surface area contributed by atoms with Crippen molar-refractivity contribution in [3.63, 3.8) is 0 Å². The Hall–Kier alpha value is -3.75. The molecule has 0 aliphatic heterocycles. The van der Waals surface area contributed by atoms with Crippen LogP contribution >= 0.6 is 0 Å². The van der Waals surface area contributed by atoms with E-state index < -0.39 is 0 Å². The number of carbonyl (C=O) groups is 1. The van der Waals surface area contributed by atoms with Crippen LogP contribution in [0, 0.1) is 0 Å². The van der Waals surface area contributed by atoms with Gasteiger partial charge in [0.15, 0.2) is 5.78 Å². The molecule has 4 aromatic carbocycles. The Balaban J connectivity index is 1.70. The first-order chi connectivity index (χ1) is 15.8. The lowest BCUT2D eigenvalue weighted by molar-refractivity contribution is -0.120. The maximum atomic E-state index is 13.6. The van der Waals surface area contributed by atoms with E-state index in [1.165, 1.54) is 11.1 Å². The molecule has 2 nitrogen and oxygen atoms in total. The molecule has 0 saturated carbocycles. The smallest absolute Gasteiger partial charge is 0.177 e. The van der Waals surface area contributed by atoms with Gasteiger partial charge in [0.1, 0.15) is 0 Å². The molecule has 0 aromatic heterocycles. The average molecular weight is 418 g/mol. The zero-order chi connectivity index (χ0) is 22.0. The molecular formula is C30H27NO. The Labute approximate surface area is 190 Å². The van der Waals surface area contributed by atoms with Gasteiger partial charge in [0.2, 0.25) is 0 Å². The van der Waals surface area contributed by atoms with Crippen molar-refractivity contribution < 1.29 is 4.79 Å². The van der Waals surface area contributed by atoms with Crippen molar-refractivity contribution in [2.24, 2.45) is 0 Å². The van der Waals surface area contributed by atoms with Crippen LogP contribution in [-0.4, -0.2) is 10.7 Å². The molecule has 0 bridgehead atoms. The highest BCUT2D eigenvalue weighted by Gasteiger charge is 2.26. The van der Waals surface area contributed by atoms with Gasteiger partial charge in [0.05, 0.1) is 6.04 Å². The van der Waals surface area contributed by atoms with E-state index in [-0.39, 0.29) is 11.8 Å². The summed E-state index contributed by atoms with van der Waals surface area (Å²) in [5.74, 6) is 0.0758. The largest absolute Gasteiger partial charge is 0.293 e. The summed E-state index contributed by atoms with van der Waals surface area (Å²) in [5.41, 5.74) is 4.39. The topological polar surface area (TPSA) is 20.3 Å². The van der Waals surface area contributed by atoms with E-state index in [9.17, 15) is 4.79 Å². The highest BCUT2D eigenvalue weighted by Crippen LogP contribution is 2.27. The van der Waals surface area contributed by atoms with Gasteiger partial charge in [-0.25, -0.2) is 0 Å². The summed E-state index contributed by atoms with van der Waals surface area (Å²) in [6.07, 6.45) is 3.62. The van der Waals surface area contributed by atoms with Crippen LogP contribution in [0.3, 0.4) is 0 Å². The second-order valence-corrected chi connectivity index (χ2v) is 7.84. The lowest BCUT2D eigenvalue weighted by atomic mass is 9.98. The number of benzene rings is 4. The van der Waals surface area contributed by atoms with Crippen molar-refractivity contribution >= 4 is 11.9 Å². The molecule has 0 aliphatic carbocycles. The van der Waals surface area contributed by atoms with Gasteiger partial charge in [-0.05, 0) is 28.3 Å². The Bertz CT molecular complexity index is 1080. The summed E-state index contributed by atoms with van der Waals surface area (Å²) in [4.78, 5) is 15.9. The molecule has 0 fully saturated rings. The lowest BCUT2D eigenvalue weighted by Gasteiger charge is -2.31. The fraction of sp³-hybridized carbons (Fsp3) is 0.100. The molecule has 0 spiro atoms. The molecule has 0 saturated heterocycles. The van der Waals surface area contributed by atoms with Crippen LogP contribution in [0.25, 0.3) is 6.08 Å². The van der Waals surface area contributed by atoms with Crippen LogP contribution in [0.15, 0.2) is 127 Å². The zero-order valence-corrected chi connectivity index (χ0v) is 18.0. The normalized spacial score (nSPS) is 12.2. The van der Waals surface area contributed by atoms with Crippen LogP contribution in [-0.2, 0) is 17.9 Å². The highest BCUT2D eigenvalue weighted by molar-refractivity contribution is 5.98. The first-order valence-corrected chi connectivity index (χ1v) is 10.9. The van der Waals surface area contributed by atoms with E-state index in [1.807, 2.05) is 103 Å². The second kappa shape index (κ2) is 11.0. The molecule has 4 rings (SSSR count). The third-order valence-electron chi connectivity index (χ3n) is 5.45. The van der Waals surface area contributed by atoms with Crippen LogP contribution in [0.1, 0.15) is 28.3 Å². The van der Waals surface area contributed by atoms with Crippen molar-refractivity contribution in [1.29, 1.82) is 0 Å². The van der Waals surface area contributed by atoms with Crippen molar-refractivity contribution in [3.8, 4) is 0 Å². The first-order valence-electron chi connectivity index (χ1n) is 10.9. The van der Waals surface area contributed by atoms with Crippen molar-refractivity contribution in [2.75, 3.05) is 0 Å². The third-order valence-corrected chi connectivity index (χ3v) is 5.45. The molecule has 2 heteroatoms. The quantitative estimate of drug-likeness (QED) is 0.282. The molecule has 0 aliphatic rings. The van der Waals surface area contributed by atoms with Gasteiger partial charge in [-0.3, -0.25) is 9.69 Å². The van der Waals surface area contributed by atoms with Gasteiger partial charge in [-0.2, -0.15) is 0 Å². The van der Waals surface area contributed by atoms with Gasteiger partial charge < -0.3 is 0 Å². The van der Waals surface area contributed by atoms with Gasteiger partial charge in [0, 0.05) is 13.1 Å². The lowest BCUT2D eigenvalue weighted by Crippen LogP contribution is -2.33. The number of ketones is 1. The Kier molecular flexibility index (Phi) is 7.41. The minimum atomic E-state index is -0.378. The molecule has 1 atom stereocenters. The maximum Gasteiger partial charge on any atom is 0.177 e. The molecule has 4 aromatic rings. The average Bonchev–Trinajstić information content (AvgIpc) is 2.85. The monoisotopic (exact) mass is 417 g/mol. The maximum absolute atomic E-state index is 13.6. The van der Waals surface area contributed by atoms with E-state index >= 15 is 0 Å². The first kappa shape index (κ1) is 21.5. The van der Waals surface area contributed by atoms with E-state index in [0.29, 0.717) is 13.1 Å². The van der Waals surface area contributed by atoms with Crippen LogP contribution in [0.2, 0.25) is 0 Å².